The number of anilines is 1. The highest BCUT2D eigenvalue weighted by atomic mass is 32.1. The summed E-state index contributed by atoms with van der Waals surface area (Å²) in [6.45, 7) is 0.554. The average molecular weight is 291 g/mol. The Bertz CT molecular complexity index is 562. The molecule has 1 aromatic rings. The second-order valence-corrected chi connectivity index (χ2v) is 5.46. The lowest BCUT2D eigenvalue weighted by Gasteiger charge is -2.37. The normalized spacial score (nSPS) is 17.2. The summed E-state index contributed by atoms with van der Waals surface area (Å²) in [6, 6.07) is 4.73. The minimum atomic E-state index is -0.428. The van der Waals surface area contributed by atoms with Gasteiger partial charge in [-0.3, -0.25) is 10.1 Å². The van der Waals surface area contributed by atoms with E-state index in [4.69, 9.17) is 5.73 Å². The minimum absolute atomic E-state index is 0.0237. The number of thiocarbonyl (C=S) groups is 1. The number of nitrogens with two attached hydrogens (primary N) is 1. The number of rotatable bonds is 4. The first-order chi connectivity index (χ1) is 9.59. The van der Waals surface area contributed by atoms with Crippen molar-refractivity contribution in [3.63, 3.8) is 0 Å². The molecular formula is C14H17N3O2S. The number of nitrogens with zero attached hydrogens (tertiary/aromatic N) is 2. The van der Waals surface area contributed by atoms with E-state index in [1.54, 1.807) is 6.07 Å². The minimum Gasteiger partial charge on any atom is -0.398 e. The van der Waals surface area contributed by atoms with Gasteiger partial charge in [-0.25, -0.2) is 4.99 Å². The van der Waals surface area contributed by atoms with E-state index in [9.17, 15) is 10.1 Å². The average Bonchev–Trinajstić information content (AvgIpc) is 2.46. The van der Waals surface area contributed by atoms with Crippen LogP contribution in [-0.4, -0.2) is 16.6 Å². The van der Waals surface area contributed by atoms with Crippen LogP contribution in [0.15, 0.2) is 23.2 Å². The largest absolute Gasteiger partial charge is 0.398 e. The molecule has 20 heavy (non-hydrogen) atoms. The Hall–Kier alpha value is -1.78. The van der Waals surface area contributed by atoms with Crippen molar-refractivity contribution in [1.29, 1.82) is 0 Å². The summed E-state index contributed by atoms with van der Waals surface area (Å²) in [5.41, 5.74) is 7.36. The van der Waals surface area contributed by atoms with Gasteiger partial charge in [-0.15, -0.1) is 0 Å². The van der Waals surface area contributed by atoms with E-state index in [-0.39, 0.29) is 11.1 Å². The lowest BCUT2D eigenvalue weighted by atomic mass is 9.69. The smallest absolute Gasteiger partial charge is 0.271 e. The molecule has 0 amide bonds. The first-order valence-electron chi connectivity index (χ1n) is 6.67. The lowest BCUT2D eigenvalue weighted by Crippen LogP contribution is -2.33. The molecule has 0 atom stereocenters. The zero-order valence-electron chi connectivity index (χ0n) is 11.2. The summed E-state index contributed by atoms with van der Waals surface area (Å²) in [7, 11) is 0. The number of aliphatic imine (C=N–C) groups is 1. The van der Waals surface area contributed by atoms with Gasteiger partial charge in [0.2, 0.25) is 0 Å². The predicted molar refractivity (Wildman–Crippen MR) is 82.2 cm³/mol. The number of benzene rings is 1. The first-order valence-corrected chi connectivity index (χ1v) is 7.08. The number of nitro groups is 1. The Morgan fingerprint density at radius 2 is 2.10 bits per heavy atom. The molecule has 1 aliphatic carbocycles. The first kappa shape index (κ1) is 14.6. The monoisotopic (exact) mass is 291 g/mol. The fourth-order valence-electron chi connectivity index (χ4n) is 3.07. The van der Waals surface area contributed by atoms with Crippen molar-refractivity contribution in [2.75, 3.05) is 12.3 Å². The van der Waals surface area contributed by atoms with Crippen LogP contribution in [0.2, 0.25) is 0 Å². The highest BCUT2D eigenvalue weighted by Gasteiger charge is 2.35. The van der Waals surface area contributed by atoms with Crippen LogP contribution in [-0.2, 0) is 5.41 Å². The topological polar surface area (TPSA) is 81.5 Å². The second-order valence-electron chi connectivity index (χ2n) is 5.28. The molecule has 0 heterocycles. The van der Waals surface area contributed by atoms with Crippen molar-refractivity contribution < 1.29 is 4.92 Å². The molecule has 1 aromatic carbocycles. The molecule has 1 fully saturated rings. The molecular weight excluding hydrogens is 274 g/mol. The van der Waals surface area contributed by atoms with Crippen molar-refractivity contribution in [3.05, 3.63) is 33.9 Å². The maximum atomic E-state index is 10.8. The lowest BCUT2D eigenvalue weighted by molar-refractivity contribution is -0.384. The zero-order valence-corrected chi connectivity index (χ0v) is 12.0. The summed E-state index contributed by atoms with van der Waals surface area (Å²) >= 11 is 4.67. The number of isothiocyanates is 1. The van der Waals surface area contributed by atoms with Gasteiger partial charge >= 0.3 is 0 Å². The third kappa shape index (κ3) is 2.86. The molecule has 0 radical (unpaired) electrons. The Morgan fingerprint density at radius 1 is 1.40 bits per heavy atom. The van der Waals surface area contributed by atoms with Crippen LogP contribution < -0.4 is 5.73 Å². The molecule has 6 heteroatoms. The van der Waals surface area contributed by atoms with Gasteiger partial charge in [-0.1, -0.05) is 19.3 Å². The SMILES string of the molecule is Nc1cc([N+](=O)[O-])ccc1C1(CN=C=S)CCCCC1. The molecule has 0 saturated heterocycles. The molecule has 1 aliphatic rings. The summed E-state index contributed by atoms with van der Waals surface area (Å²) in [5.74, 6) is 0. The molecule has 2 N–H and O–H groups in total. The van der Waals surface area contributed by atoms with Crippen LogP contribution in [0.4, 0.5) is 11.4 Å². The number of nitrogen functional groups attached to an aromatic ring is 1. The molecule has 0 aromatic heterocycles. The van der Waals surface area contributed by atoms with Crippen molar-refractivity contribution in [2.45, 2.75) is 37.5 Å². The van der Waals surface area contributed by atoms with E-state index in [0.29, 0.717) is 12.2 Å². The van der Waals surface area contributed by atoms with Gasteiger partial charge in [0.05, 0.1) is 16.6 Å². The van der Waals surface area contributed by atoms with Crippen molar-refractivity contribution in [2.24, 2.45) is 4.99 Å². The van der Waals surface area contributed by atoms with E-state index in [0.717, 1.165) is 31.2 Å². The highest BCUT2D eigenvalue weighted by Crippen LogP contribution is 2.42. The molecule has 0 unspecified atom stereocenters. The zero-order chi connectivity index (χ0) is 14.6. The summed E-state index contributed by atoms with van der Waals surface area (Å²) in [5, 5.41) is 13.2. The standard InChI is InChI=1S/C14H17N3O2S/c15-13-8-11(17(18)19)4-5-12(13)14(9-16-10-20)6-2-1-3-7-14/h4-5,8H,1-3,6-7,9,15H2. The number of hydrogen-bond acceptors (Lipinski definition) is 5. The van der Waals surface area contributed by atoms with E-state index < -0.39 is 4.92 Å². The molecule has 0 aliphatic heterocycles. The number of hydrogen-bond donors (Lipinski definition) is 1. The van der Waals surface area contributed by atoms with Crippen molar-refractivity contribution >= 4 is 28.8 Å². The van der Waals surface area contributed by atoms with Crippen molar-refractivity contribution in [1.82, 2.24) is 0 Å². The van der Waals surface area contributed by atoms with Gasteiger partial charge in [0.15, 0.2) is 0 Å². The molecule has 2 rings (SSSR count). The van der Waals surface area contributed by atoms with Crippen LogP contribution in [0.5, 0.6) is 0 Å². The van der Waals surface area contributed by atoms with E-state index in [1.165, 1.54) is 18.6 Å². The number of non-ortho nitro benzene ring substituents is 1. The Kier molecular flexibility index (Phi) is 4.47. The van der Waals surface area contributed by atoms with Gasteiger partial charge in [0.25, 0.3) is 5.69 Å². The van der Waals surface area contributed by atoms with Gasteiger partial charge in [-0.05, 0) is 36.7 Å². The molecule has 0 spiro atoms. The van der Waals surface area contributed by atoms with E-state index in [1.807, 2.05) is 0 Å². The Morgan fingerprint density at radius 3 is 2.65 bits per heavy atom. The predicted octanol–water partition coefficient (Wildman–Crippen LogP) is 3.48. The second kappa shape index (κ2) is 6.11. The van der Waals surface area contributed by atoms with Crippen LogP contribution >= 0.6 is 12.2 Å². The van der Waals surface area contributed by atoms with Crippen molar-refractivity contribution in [3.8, 4) is 0 Å². The van der Waals surface area contributed by atoms with Crippen LogP contribution in [0.3, 0.4) is 0 Å². The van der Waals surface area contributed by atoms with Crippen LogP contribution in [0.25, 0.3) is 0 Å². The fraction of sp³-hybridized carbons (Fsp3) is 0.500. The maximum Gasteiger partial charge on any atom is 0.271 e. The Balaban J connectivity index is 2.42. The highest BCUT2D eigenvalue weighted by molar-refractivity contribution is 7.78. The van der Waals surface area contributed by atoms with E-state index >= 15 is 0 Å². The van der Waals surface area contributed by atoms with Gasteiger partial charge in [-0.2, -0.15) is 0 Å². The molecule has 5 nitrogen and oxygen atoms in total. The van der Waals surface area contributed by atoms with Crippen LogP contribution in [0, 0.1) is 10.1 Å². The van der Waals surface area contributed by atoms with Gasteiger partial charge in [0.1, 0.15) is 0 Å². The van der Waals surface area contributed by atoms with E-state index in [2.05, 4.69) is 22.4 Å². The molecule has 0 bridgehead atoms. The quantitative estimate of drug-likeness (QED) is 0.303. The number of nitro benzene ring substituents is 1. The summed E-state index contributed by atoms with van der Waals surface area (Å²) < 4.78 is 0. The Labute approximate surface area is 123 Å². The fourth-order valence-corrected chi connectivity index (χ4v) is 3.14. The third-order valence-corrected chi connectivity index (χ3v) is 4.20. The third-order valence-electron chi connectivity index (χ3n) is 4.07. The summed E-state index contributed by atoms with van der Waals surface area (Å²) in [6.07, 6.45) is 5.40. The van der Waals surface area contributed by atoms with Gasteiger partial charge in [0, 0.05) is 23.2 Å². The van der Waals surface area contributed by atoms with Gasteiger partial charge < -0.3 is 5.73 Å². The molecule has 106 valence electrons. The maximum absolute atomic E-state index is 10.8. The van der Waals surface area contributed by atoms with Crippen LogP contribution in [0.1, 0.15) is 37.7 Å². The summed E-state index contributed by atoms with van der Waals surface area (Å²) in [4.78, 5) is 14.5. The molecule has 1 saturated carbocycles.